The van der Waals surface area contributed by atoms with Crippen LogP contribution in [0, 0.1) is 11.5 Å². The number of hydrogen-bond donors (Lipinski definition) is 2. The Kier molecular flexibility index (Phi) is 14.3. The number of nitrogens with zero attached hydrogens (tertiary/aromatic N) is 4. The fourth-order valence-electron chi connectivity index (χ4n) is 4.39. The molecule has 10 nitrogen and oxygen atoms in total. The number of nitrogen functional groups attached to an aromatic ring is 1. The lowest BCUT2D eigenvalue weighted by Crippen LogP contribution is -2.18. The molecule has 3 rings (SSSR count). The number of nitrogens with two attached hydrogens (primary N) is 1. The van der Waals surface area contributed by atoms with Gasteiger partial charge in [0.2, 0.25) is 0 Å². The zero-order valence-corrected chi connectivity index (χ0v) is 28.0. The number of unbranched alkanes of at least 4 members (excludes halogenated alkanes) is 6. The molecule has 0 saturated heterocycles. The van der Waals surface area contributed by atoms with E-state index in [1.807, 2.05) is 0 Å². The van der Waals surface area contributed by atoms with Crippen molar-refractivity contribution in [3.05, 3.63) is 48.0 Å². The number of aryl methyl sites for hydroxylation is 1. The Balaban J connectivity index is 1.14. The third-order valence-electron chi connectivity index (χ3n) is 6.72. The molecule has 0 spiro atoms. The molecule has 2 aromatic heterocycles. The van der Waals surface area contributed by atoms with Gasteiger partial charge >= 0.3 is 7.60 Å². The Labute approximate surface area is 257 Å². The summed E-state index contributed by atoms with van der Waals surface area (Å²) in [5.41, 5.74) is 12.8. The summed E-state index contributed by atoms with van der Waals surface area (Å²) in [5, 5.41) is 0. The molecule has 2 heterocycles. The van der Waals surface area contributed by atoms with Crippen LogP contribution in [-0.2, 0) is 31.5 Å². The number of imidazole rings is 1. The molecule has 0 bridgehead atoms. The van der Waals surface area contributed by atoms with Gasteiger partial charge in [0.15, 0.2) is 11.5 Å². The van der Waals surface area contributed by atoms with E-state index in [0.717, 1.165) is 24.8 Å². The average Bonchev–Trinajstić information content (AvgIpc) is 3.37. The normalized spacial score (nSPS) is 13.9. The molecule has 43 heavy (non-hydrogen) atoms. The van der Waals surface area contributed by atoms with Crippen LogP contribution in [0.5, 0.6) is 0 Å². The predicted molar refractivity (Wildman–Crippen MR) is 174 cm³/mol. The Morgan fingerprint density at radius 3 is 2.40 bits per heavy atom. The van der Waals surface area contributed by atoms with Gasteiger partial charge in [0, 0.05) is 12.2 Å². The van der Waals surface area contributed by atoms with Crippen molar-refractivity contribution < 1.29 is 23.5 Å². The van der Waals surface area contributed by atoms with Crippen molar-refractivity contribution in [3.63, 3.8) is 0 Å². The SMILES string of the molecule is C[C@H](Cn1cnc2c(N)ncnc21)OCP(=O)(O)OCCOCCCCCCCCCc1ccc(C#C[Si](C)(C)C)cc1. The number of ether oxygens (including phenoxy) is 2. The van der Waals surface area contributed by atoms with Crippen LogP contribution in [0.3, 0.4) is 0 Å². The zero-order chi connectivity index (χ0) is 31.1. The molecule has 3 aromatic rings. The van der Waals surface area contributed by atoms with E-state index < -0.39 is 22.0 Å². The highest BCUT2D eigenvalue weighted by molar-refractivity contribution is 7.52. The van der Waals surface area contributed by atoms with Crippen molar-refractivity contribution in [2.24, 2.45) is 0 Å². The molecule has 0 amide bonds. The molecule has 2 atom stereocenters. The number of hydrogen-bond acceptors (Lipinski definition) is 8. The second kappa shape index (κ2) is 17.6. The van der Waals surface area contributed by atoms with Gasteiger partial charge in [0.05, 0.1) is 32.2 Å². The number of anilines is 1. The standard InChI is InChI=1S/C31H48N5O5PSi/c1-26(22-36-24-35-29-30(32)33-23-34-31(29)36)40-25-42(37,38)41-20-19-39-18-11-9-7-5-6-8-10-12-27-13-15-28(16-14-27)17-21-43(2,3)4/h13-16,23-24,26H,5-12,18-20,22,25H2,1-4H3,(H,37,38)(H2,32,33,34)/t26-/m1/s1. The monoisotopic (exact) mass is 629 g/mol. The molecule has 0 aliphatic heterocycles. The van der Waals surface area contributed by atoms with Crippen LogP contribution in [0.15, 0.2) is 36.9 Å². The summed E-state index contributed by atoms with van der Waals surface area (Å²) in [6.07, 6.45) is 11.6. The molecule has 0 aliphatic carbocycles. The first-order valence-corrected chi connectivity index (χ1v) is 20.5. The van der Waals surface area contributed by atoms with Gasteiger partial charge in [-0.2, -0.15) is 0 Å². The van der Waals surface area contributed by atoms with Gasteiger partial charge < -0.3 is 29.2 Å². The summed E-state index contributed by atoms with van der Waals surface area (Å²) in [5.74, 6) is 3.62. The van der Waals surface area contributed by atoms with E-state index in [2.05, 4.69) is 70.3 Å². The topological polar surface area (TPSA) is 135 Å². The van der Waals surface area contributed by atoms with Gasteiger partial charge in [-0.15, -0.1) is 5.54 Å². The van der Waals surface area contributed by atoms with Gasteiger partial charge in [0.1, 0.15) is 26.3 Å². The molecule has 1 unspecified atom stereocenters. The van der Waals surface area contributed by atoms with Crippen molar-refractivity contribution in [2.75, 3.05) is 31.9 Å². The minimum atomic E-state index is -3.88. The fraction of sp³-hybridized carbons (Fsp3) is 0.581. The highest BCUT2D eigenvalue weighted by atomic mass is 31.2. The molecule has 0 fully saturated rings. The quantitative estimate of drug-likeness (QED) is 0.0689. The minimum absolute atomic E-state index is 0.0441. The van der Waals surface area contributed by atoms with Crippen LogP contribution in [0.1, 0.15) is 63.0 Å². The van der Waals surface area contributed by atoms with Gasteiger partial charge in [-0.25, -0.2) is 15.0 Å². The minimum Gasteiger partial charge on any atom is -0.382 e. The molecular weight excluding hydrogens is 581 g/mol. The number of rotatable bonds is 19. The molecule has 0 saturated carbocycles. The third-order valence-corrected chi connectivity index (χ3v) is 8.65. The zero-order valence-electron chi connectivity index (χ0n) is 26.1. The molecule has 0 aliphatic rings. The van der Waals surface area contributed by atoms with Gasteiger partial charge in [-0.05, 0) is 43.9 Å². The van der Waals surface area contributed by atoms with Crippen LogP contribution >= 0.6 is 7.60 Å². The first kappa shape index (κ1) is 34.9. The number of fused-ring (bicyclic) bond motifs is 1. The van der Waals surface area contributed by atoms with E-state index in [0.29, 0.717) is 30.1 Å². The number of aromatic nitrogens is 4. The molecule has 3 N–H and O–H groups in total. The van der Waals surface area contributed by atoms with Crippen LogP contribution in [0.25, 0.3) is 11.2 Å². The van der Waals surface area contributed by atoms with E-state index in [-0.39, 0.29) is 19.3 Å². The largest absolute Gasteiger partial charge is 0.382 e. The Morgan fingerprint density at radius 2 is 1.67 bits per heavy atom. The molecule has 0 radical (unpaired) electrons. The summed E-state index contributed by atoms with van der Waals surface area (Å²) < 4.78 is 30.3. The second-order valence-electron chi connectivity index (χ2n) is 11.9. The third kappa shape index (κ3) is 13.7. The van der Waals surface area contributed by atoms with Crippen molar-refractivity contribution in [1.82, 2.24) is 19.5 Å². The first-order valence-electron chi connectivity index (χ1n) is 15.2. The van der Waals surface area contributed by atoms with Crippen molar-refractivity contribution in [2.45, 2.75) is 90.6 Å². The van der Waals surface area contributed by atoms with Gasteiger partial charge in [-0.3, -0.25) is 4.57 Å². The first-order chi connectivity index (χ1) is 20.5. The van der Waals surface area contributed by atoms with Crippen LogP contribution in [0.4, 0.5) is 5.82 Å². The van der Waals surface area contributed by atoms with Crippen molar-refractivity contribution >= 4 is 32.7 Å². The summed E-state index contributed by atoms with van der Waals surface area (Å²) in [4.78, 5) is 22.4. The predicted octanol–water partition coefficient (Wildman–Crippen LogP) is 6.19. The summed E-state index contributed by atoms with van der Waals surface area (Å²) in [6.45, 7) is 9.92. The highest BCUT2D eigenvalue weighted by Crippen LogP contribution is 2.41. The van der Waals surface area contributed by atoms with Crippen LogP contribution in [0.2, 0.25) is 19.6 Å². The van der Waals surface area contributed by atoms with E-state index in [1.165, 1.54) is 44.0 Å². The van der Waals surface area contributed by atoms with E-state index in [4.69, 9.17) is 19.7 Å². The molecule has 236 valence electrons. The fourth-order valence-corrected chi connectivity index (χ4v) is 5.79. The lowest BCUT2D eigenvalue weighted by atomic mass is 10.0. The second-order valence-corrected chi connectivity index (χ2v) is 18.5. The molecule has 1 aromatic carbocycles. The van der Waals surface area contributed by atoms with Crippen molar-refractivity contribution in [1.29, 1.82) is 0 Å². The maximum absolute atomic E-state index is 12.3. The van der Waals surface area contributed by atoms with Gasteiger partial charge in [0.25, 0.3) is 0 Å². The van der Waals surface area contributed by atoms with E-state index in [9.17, 15) is 9.46 Å². The Morgan fingerprint density at radius 1 is 0.977 bits per heavy atom. The van der Waals surface area contributed by atoms with Crippen LogP contribution in [-0.4, -0.2) is 64.8 Å². The molecular formula is C31H48N5O5PSi. The van der Waals surface area contributed by atoms with E-state index >= 15 is 0 Å². The lowest BCUT2D eigenvalue weighted by molar-refractivity contribution is 0.0610. The smallest absolute Gasteiger partial charge is 0.353 e. The Bertz CT molecular complexity index is 1370. The summed E-state index contributed by atoms with van der Waals surface area (Å²) in [7, 11) is -5.21. The number of benzene rings is 1. The molecule has 12 heteroatoms. The maximum Gasteiger partial charge on any atom is 0.353 e. The van der Waals surface area contributed by atoms with Crippen molar-refractivity contribution in [3.8, 4) is 11.5 Å². The lowest BCUT2D eigenvalue weighted by Gasteiger charge is -2.17. The van der Waals surface area contributed by atoms with E-state index in [1.54, 1.807) is 17.8 Å². The average molecular weight is 630 g/mol. The maximum atomic E-state index is 12.3. The summed E-state index contributed by atoms with van der Waals surface area (Å²) >= 11 is 0. The highest BCUT2D eigenvalue weighted by Gasteiger charge is 2.22. The van der Waals surface area contributed by atoms with Gasteiger partial charge in [-0.1, -0.05) is 69.8 Å². The van der Waals surface area contributed by atoms with Crippen LogP contribution < -0.4 is 5.73 Å². The Hall–Kier alpha value is -2.58. The summed E-state index contributed by atoms with van der Waals surface area (Å²) in [6, 6.07) is 8.73.